The SMILES string of the molecule is O=C(O)Cn1cc(C=C2SC(=Nc3ccccc3)N(c3ccccc3)C2=O)c2ccccc21. The predicted molar refractivity (Wildman–Crippen MR) is 133 cm³/mol. The number of para-hydroxylation sites is 3. The largest absolute Gasteiger partial charge is 0.480 e. The van der Waals surface area contributed by atoms with Gasteiger partial charge in [-0.05, 0) is 48.2 Å². The van der Waals surface area contributed by atoms with Crippen molar-refractivity contribution in [3.05, 3.63) is 102 Å². The number of aliphatic imine (C=N–C) groups is 1. The molecule has 0 aliphatic carbocycles. The lowest BCUT2D eigenvalue weighted by molar-refractivity contribution is -0.137. The number of hydrogen-bond donors (Lipinski definition) is 1. The quantitative estimate of drug-likeness (QED) is 0.403. The van der Waals surface area contributed by atoms with Crippen LogP contribution in [0, 0.1) is 0 Å². The van der Waals surface area contributed by atoms with Crippen molar-refractivity contribution in [1.29, 1.82) is 0 Å². The summed E-state index contributed by atoms with van der Waals surface area (Å²) in [5, 5.41) is 10.7. The summed E-state index contributed by atoms with van der Waals surface area (Å²) in [6.45, 7) is -0.151. The monoisotopic (exact) mass is 453 g/mol. The molecule has 162 valence electrons. The Morgan fingerprint density at radius 2 is 1.61 bits per heavy atom. The van der Waals surface area contributed by atoms with Crippen molar-refractivity contribution in [3.63, 3.8) is 0 Å². The second kappa shape index (κ2) is 8.80. The topological polar surface area (TPSA) is 74.9 Å². The molecule has 1 fully saturated rings. The van der Waals surface area contributed by atoms with E-state index in [9.17, 15) is 14.7 Å². The van der Waals surface area contributed by atoms with Gasteiger partial charge in [-0.15, -0.1) is 0 Å². The van der Waals surface area contributed by atoms with Crippen molar-refractivity contribution in [3.8, 4) is 0 Å². The van der Waals surface area contributed by atoms with E-state index in [-0.39, 0.29) is 12.5 Å². The fourth-order valence-electron chi connectivity index (χ4n) is 3.77. The van der Waals surface area contributed by atoms with Crippen molar-refractivity contribution in [2.75, 3.05) is 4.90 Å². The number of hydrogen-bond acceptors (Lipinski definition) is 4. The first kappa shape index (κ1) is 20.8. The lowest BCUT2D eigenvalue weighted by atomic mass is 10.1. The molecule has 0 radical (unpaired) electrons. The first-order valence-corrected chi connectivity index (χ1v) is 11.1. The molecule has 4 aromatic rings. The van der Waals surface area contributed by atoms with Gasteiger partial charge in [0.05, 0.1) is 16.3 Å². The van der Waals surface area contributed by atoms with Gasteiger partial charge in [-0.3, -0.25) is 14.5 Å². The average molecular weight is 454 g/mol. The number of carboxylic acids is 1. The third-order valence-electron chi connectivity index (χ3n) is 5.21. The van der Waals surface area contributed by atoms with E-state index in [0.717, 1.165) is 27.8 Å². The van der Waals surface area contributed by atoms with Crippen LogP contribution in [-0.2, 0) is 16.1 Å². The Kier molecular flexibility index (Phi) is 5.54. The molecule has 2 heterocycles. The number of fused-ring (bicyclic) bond motifs is 1. The van der Waals surface area contributed by atoms with E-state index in [1.54, 1.807) is 15.7 Å². The molecule has 5 rings (SSSR count). The van der Waals surface area contributed by atoms with Crippen molar-refractivity contribution in [2.24, 2.45) is 4.99 Å². The lowest BCUT2D eigenvalue weighted by Gasteiger charge is -2.15. The zero-order valence-electron chi connectivity index (χ0n) is 17.5. The van der Waals surface area contributed by atoms with Gasteiger partial charge < -0.3 is 9.67 Å². The maximum absolute atomic E-state index is 13.5. The summed E-state index contributed by atoms with van der Waals surface area (Å²) in [6, 6.07) is 26.5. The Labute approximate surface area is 194 Å². The number of anilines is 1. The zero-order valence-corrected chi connectivity index (χ0v) is 18.3. The summed E-state index contributed by atoms with van der Waals surface area (Å²) in [4.78, 5) is 31.7. The Hall–Kier alpha value is -4.10. The standard InChI is InChI=1S/C26H19N3O3S/c30-24(31)17-28-16-18(21-13-7-8-14-22(21)28)15-23-25(32)29(20-11-5-2-6-12-20)26(33-23)27-19-9-3-1-4-10-19/h1-16H,17H2,(H,30,31). The van der Waals surface area contributed by atoms with Crippen LogP contribution in [0.25, 0.3) is 17.0 Å². The Morgan fingerprint density at radius 1 is 0.939 bits per heavy atom. The highest BCUT2D eigenvalue weighted by Crippen LogP contribution is 2.38. The number of aromatic nitrogens is 1. The number of carbonyl (C=O) groups is 2. The van der Waals surface area contributed by atoms with Gasteiger partial charge in [-0.25, -0.2) is 4.99 Å². The normalized spacial score (nSPS) is 16.2. The van der Waals surface area contributed by atoms with Crippen LogP contribution in [0.2, 0.25) is 0 Å². The molecule has 6 nitrogen and oxygen atoms in total. The maximum atomic E-state index is 13.5. The summed E-state index contributed by atoms with van der Waals surface area (Å²) < 4.78 is 1.68. The minimum absolute atomic E-state index is 0.151. The van der Waals surface area contributed by atoms with Crippen LogP contribution >= 0.6 is 11.8 Å². The maximum Gasteiger partial charge on any atom is 0.323 e. The molecule has 1 aliphatic rings. The van der Waals surface area contributed by atoms with Crippen LogP contribution in [0.15, 0.2) is 101 Å². The number of carboxylic acid groups (broad SMARTS) is 1. The molecule has 1 aliphatic heterocycles. The smallest absolute Gasteiger partial charge is 0.323 e. The molecule has 0 unspecified atom stereocenters. The molecule has 0 spiro atoms. The Morgan fingerprint density at radius 3 is 2.33 bits per heavy atom. The number of amides is 1. The Balaban J connectivity index is 1.60. The summed E-state index contributed by atoms with van der Waals surface area (Å²) in [5.41, 5.74) is 3.09. The molecule has 1 aromatic heterocycles. The van der Waals surface area contributed by atoms with Gasteiger partial charge in [0, 0.05) is 22.7 Å². The number of aliphatic carboxylic acids is 1. The first-order chi connectivity index (χ1) is 16.1. The fourth-order valence-corrected chi connectivity index (χ4v) is 4.77. The van der Waals surface area contributed by atoms with Crippen molar-refractivity contribution in [2.45, 2.75) is 6.54 Å². The van der Waals surface area contributed by atoms with Gasteiger partial charge in [0.15, 0.2) is 5.17 Å². The molecule has 0 saturated carbocycles. The molecule has 1 N–H and O–H groups in total. The van der Waals surface area contributed by atoms with E-state index in [1.807, 2.05) is 91.0 Å². The molecule has 1 amide bonds. The molecule has 0 bridgehead atoms. The number of carbonyl (C=O) groups excluding carboxylic acids is 1. The van der Waals surface area contributed by atoms with E-state index >= 15 is 0 Å². The molecule has 3 aromatic carbocycles. The van der Waals surface area contributed by atoms with E-state index in [0.29, 0.717) is 10.1 Å². The highest BCUT2D eigenvalue weighted by Gasteiger charge is 2.35. The second-order valence-electron chi connectivity index (χ2n) is 7.44. The predicted octanol–water partition coefficient (Wildman–Crippen LogP) is 5.53. The van der Waals surface area contributed by atoms with Crippen LogP contribution in [0.1, 0.15) is 5.56 Å². The first-order valence-electron chi connectivity index (χ1n) is 10.3. The van der Waals surface area contributed by atoms with E-state index < -0.39 is 5.97 Å². The zero-order chi connectivity index (χ0) is 22.8. The second-order valence-corrected chi connectivity index (χ2v) is 8.45. The van der Waals surface area contributed by atoms with Crippen LogP contribution in [0.4, 0.5) is 11.4 Å². The van der Waals surface area contributed by atoms with Crippen molar-refractivity contribution < 1.29 is 14.7 Å². The van der Waals surface area contributed by atoms with Gasteiger partial charge in [0.2, 0.25) is 0 Å². The van der Waals surface area contributed by atoms with Gasteiger partial charge in [0.25, 0.3) is 5.91 Å². The average Bonchev–Trinajstić information content (AvgIpc) is 3.32. The van der Waals surface area contributed by atoms with Crippen molar-refractivity contribution in [1.82, 2.24) is 4.57 Å². The summed E-state index contributed by atoms with van der Waals surface area (Å²) >= 11 is 1.31. The van der Waals surface area contributed by atoms with Crippen LogP contribution in [0.3, 0.4) is 0 Å². The molecule has 33 heavy (non-hydrogen) atoms. The minimum atomic E-state index is -0.922. The van der Waals surface area contributed by atoms with Crippen LogP contribution in [0.5, 0.6) is 0 Å². The third kappa shape index (κ3) is 4.18. The number of thioether (sulfide) groups is 1. The van der Waals surface area contributed by atoms with Gasteiger partial charge >= 0.3 is 5.97 Å². The fraction of sp³-hybridized carbons (Fsp3) is 0.0385. The number of rotatable bonds is 5. The van der Waals surface area contributed by atoms with Gasteiger partial charge in [-0.1, -0.05) is 54.6 Å². The molecule has 7 heteroatoms. The highest BCUT2D eigenvalue weighted by molar-refractivity contribution is 8.19. The van der Waals surface area contributed by atoms with E-state index in [1.165, 1.54) is 11.8 Å². The Bertz CT molecular complexity index is 1410. The third-order valence-corrected chi connectivity index (χ3v) is 6.18. The summed E-state index contributed by atoms with van der Waals surface area (Å²) in [7, 11) is 0. The number of nitrogens with zero attached hydrogens (tertiary/aromatic N) is 3. The lowest BCUT2D eigenvalue weighted by Crippen LogP contribution is -2.28. The van der Waals surface area contributed by atoms with Crippen LogP contribution in [-0.4, -0.2) is 26.7 Å². The van der Waals surface area contributed by atoms with E-state index in [2.05, 4.69) is 0 Å². The molecule has 0 atom stereocenters. The van der Waals surface area contributed by atoms with Gasteiger partial charge in [-0.2, -0.15) is 0 Å². The highest BCUT2D eigenvalue weighted by atomic mass is 32.2. The number of benzene rings is 3. The number of amidine groups is 1. The minimum Gasteiger partial charge on any atom is -0.480 e. The molecular weight excluding hydrogens is 434 g/mol. The van der Waals surface area contributed by atoms with Crippen LogP contribution < -0.4 is 4.90 Å². The van der Waals surface area contributed by atoms with Gasteiger partial charge in [0.1, 0.15) is 6.54 Å². The van der Waals surface area contributed by atoms with Crippen molar-refractivity contribution >= 4 is 57.2 Å². The summed E-state index contributed by atoms with van der Waals surface area (Å²) in [6.07, 6.45) is 3.59. The summed E-state index contributed by atoms with van der Waals surface area (Å²) in [5.74, 6) is -1.09. The molecule has 1 saturated heterocycles. The van der Waals surface area contributed by atoms with E-state index in [4.69, 9.17) is 4.99 Å². The molecular formula is C26H19N3O3S.